The molecule has 9 nitrogen and oxygen atoms in total. The summed E-state index contributed by atoms with van der Waals surface area (Å²) in [6.07, 6.45) is 8.06. The van der Waals surface area contributed by atoms with Crippen molar-refractivity contribution in [3.63, 3.8) is 0 Å². The molecule has 0 aromatic heterocycles. The standard InChI is InChI=1S/C34H48N2O7/c1-7-11-12-13-21-42-32(40)28-27-30(38)36(26(22-37)23(5)9-3)29(34(27)19-18-33(28,10-4)43-34)31(39)35(20-8-2)24-14-16-25(41-6)17-15-24/h7-8,14-17,23,26-29,37H,1-2,9-13,18-22H2,3-6H3/t23-,26-,27-,28+,29?,33-,34?/m0/s1. The number of rotatable bonds is 16. The van der Waals surface area contributed by atoms with Gasteiger partial charge in [0.05, 0.1) is 37.9 Å². The van der Waals surface area contributed by atoms with Crippen molar-refractivity contribution in [3.05, 3.63) is 49.6 Å². The molecule has 2 unspecified atom stereocenters. The fourth-order valence-corrected chi connectivity index (χ4v) is 7.48. The highest BCUT2D eigenvalue weighted by Crippen LogP contribution is 2.65. The highest BCUT2D eigenvalue weighted by Gasteiger charge is 2.79. The highest BCUT2D eigenvalue weighted by molar-refractivity contribution is 6.05. The number of carbonyl (C=O) groups excluding carboxylic acids is 3. The third kappa shape index (κ3) is 5.62. The number of aliphatic hydroxyl groups excluding tert-OH is 1. The van der Waals surface area contributed by atoms with E-state index in [0.717, 1.165) is 12.8 Å². The van der Waals surface area contributed by atoms with Gasteiger partial charge in [0.1, 0.15) is 23.3 Å². The lowest BCUT2D eigenvalue weighted by Gasteiger charge is -2.41. The molecule has 3 aliphatic heterocycles. The lowest BCUT2D eigenvalue weighted by Crippen LogP contribution is -2.60. The Balaban J connectivity index is 1.79. The first-order chi connectivity index (χ1) is 20.7. The fraction of sp³-hybridized carbons (Fsp3) is 0.618. The summed E-state index contributed by atoms with van der Waals surface area (Å²) in [4.78, 5) is 46.3. The van der Waals surface area contributed by atoms with E-state index >= 15 is 0 Å². The summed E-state index contributed by atoms with van der Waals surface area (Å²) in [5, 5.41) is 10.6. The van der Waals surface area contributed by atoms with E-state index < -0.39 is 41.1 Å². The Hall–Kier alpha value is -3.17. The minimum Gasteiger partial charge on any atom is -0.497 e. The van der Waals surface area contributed by atoms with Gasteiger partial charge in [0.2, 0.25) is 5.91 Å². The first kappa shape index (κ1) is 32.7. The van der Waals surface area contributed by atoms with Crippen LogP contribution >= 0.6 is 0 Å². The predicted octanol–water partition coefficient (Wildman–Crippen LogP) is 4.68. The summed E-state index contributed by atoms with van der Waals surface area (Å²) in [5.74, 6) is -2.25. The first-order valence-corrected chi connectivity index (χ1v) is 15.7. The zero-order chi connectivity index (χ0) is 31.4. The van der Waals surface area contributed by atoms with Crippen molar-refractivity contribution in [2.24, 2.45) is 17.8 Å². The molecule has 7 atom stereocenters. The third-order valence-corrected chi connectivity index (χ3v) is 9.96. The van der Waals surface area contributed by atoms with Crippen LogP contribution in [0.15, 0.2) is 49.6 Å². The Morgan fingerprint density at radius 2 is 1.91 bits per heavy atom. The summed E-state index contributed by atoms with van der Waals surface area (Å²) >= 11 is 0. The molecular formula is C34H48N2O7. The Bertz CT molecular complexity index is 1190. The number of hydrogen-bond acceptors (Lipinski definition) is 7. The number of amides is 2. The number of benzene rings is 1. The second-order valence-corrected chi connectivity index (χ2v) is 12.1. The number of likely N-dealkylation sites (tertiary alicyclic amines) is 1. The number of carbonyl (C=O) groups is 3. The minimum atomic E-state index is -1.22. The summed E-state index contributed by atoms with van der Waals surface area (Å²) in [6, 6.07) is 5.49. The van der Waals surface area contributed by atoms with Crippen LogP contribution in [-0.4, -0.2) is 77.9 Å². The molecule has 1 aromatic rings. The van der Waals surface area contributed by atoms with Crippen molar-refractivity contribution >= 4 is 23.5 Å². The molecule has 0 saturated carbocycles. The number of esters is 1. The maximum Gasteiger partial charge on any atom is 0.312 e. The van der Waals surface area contributed by atoms with Crippen LogP contribution in [0.25, 0.3) is 0 Å². The number of aliphatic hydroxyl groups is 1. The first-order valence-electron chi connectivity index (χ1n) is 15.7. The summed E-state index contributed by atoms with van der Waals surface area (Å²) in [6.45, 7) is 13.7. The van der Waals surface area contributed by atoms with Crippen molar-refractivity contribution in [2.75, 3.05) is 31.8 Å². The molecule has 3 saturated heterocycles. The van der Waals surface area contributed by atoms with E-state index in [2.05, 4.69) is 13.2 Å². The molecule has 4 rings (SSSR count). The maximum atomic E-state index is 14.8. The van der Waals surface area contributed by atoms with Gasteiger partial charge in [-0.15, -0.1) is 13.2 Å². The molecule has 0 aliphatic carbocycles. The zero-order valence-corrected chi connectivity index (χ0v) is 26.1. The SMILES string of the molecule is C=CCCCCOC(=O)[C@H]1[C@H]2C(=O)N([C@@H](CO)[C@@H](C)CC)C(C(=O)N(CC=C)c3ccc(OC)cc3)C23CC[C@]1(CC)O3. The number of methoxy groups -OCH3 is 1. The van der Waals surface area contributed by atoms with E-state index in [1.165, 1.54) is 0 Å². The van der Waals surface area contributed by atoms with Crippen molar-refractivity contribution in [1.82, 2.24) is 4.90 Å². The molecule has 9 heteroatoms. The number of fused-ring (bicyclic) bond motifs is 1. The third-order valence-electron chi connectivity index (χ3n) is 9.96. The molecular weight excluding hydrogens is 548 g/mol. The Labute approximate surface area is 255 Å². The van der Waals surface area contributed by atoms with Gasteiger partial charge in [-0.05, 0) is 68.7 Å². The summed E-state index contributed by atoms with van der Waals surface area (Å²) in [7, 11) is 1.58. The smallest absolute Gasteiger partial charge is 0.312 e. The van der Waals surface area contributed by atoms with E-state index in [1.54, 1.807) is 47.3 Å². The Morgan fingerprint density at radius 1 is 1.19 bits per heavy atom. The molecule has 43 heavy (non-hydrogen) atoms. The fourth-order valence-electron chi connectivity index (χ4n) is 7.48. The Kier molecular flexibility index (Phi) is 10.4. The molecule has 2 bridgehead atoms. The second kappa shape index (κ2) is 13.6. The van der Waals surface area contributed by atoms with Crippen molar-refractivity contribution in [1.29, 1.82) is 0 Å². The molecule has 1 N–H and O–H groups in total. The van der Waals surface area contributed by atoms with Crippen LogP contribution in [0.4, 0.5) is 5.69 Å². The molecule has 3 aliphatic rings. The number of unbranched alkanes of at least 4 members (excludes halogenated alkanes) is 2. The predicted molar refractivity (Wildman–Crippen MR) is 165 cm³/mol. The van der Waals surface area contributed by atoms with E-state index in [9.17, 15) is 19.5 Å². The largest absolute Gasteiger partial charge is 0.497 e. The molecule has 3 heterocycles. The molecule has 1 spiro atoms. The zero-order valence-electron chi connectivity index (χ0n) is 26.1. The molecule has 2 amide bonds. The van der Waals surface area contributed by atoms with Gasteiger partial charge in [-0.2, -0.15) is 0 Å². The number of allylic oxidation sites excluding steroid dienone is 1. The number of hydrogen-bond donors (Lipinski definition) is 1. The Morgan fingerprint density at radius 3 is 2.49 bits per heavy atom. The topological polar surface area (TPSA) is 106 Å². The van der Waals surface area contributed by atoms with Gasteiger partial charge in [0, 0.05) is 12.2 Å². The summed E-state index contributed by atoms with van der Waals surface area (Å²) in [5.41, 5.74) is -1.49. The molecule has 3 fully saturated rings. The number of nitrogens with zero attached hydrogens (tertiary/aromatic N) is 2. The lowest BCUT2D eigenvalue weighted by atomic mass is 9.65. The van der Waals surface area contributed by atoms with Crippen LogP contribution in [0, 0.1) is 17.8 Å². The van der Waals surface area contributed by atoms with Gasteiger partial charge in [-0.3, -0.25) is 14.4 Å². The number of anilines is 1. The molecule has 236 valence electrons. The van der Waals surface area contributed by atoms with Crippen LogP contribution < -0.4 is 9.64 Å². The van der Waals surface area contributed by atoms with Gasteiger partial charge in [0.15, 0.2) is 0 Å². The highest BCUT2D eigenvalue weighted by atomic mass is 16.6. The molecule has 1 aromatic carbocycles. The monoisotopic (exact) mass is 596 g/mol. The van der Waals surface area contributed by atoms with Crippen LogP contribution in [0.3, 0.4) is 0 Å². The summed E-state index contributed by atoms with van der Waals surface area (Å²) < 4.78 is 18.0. The van der Waals surface area contributed by atoms with Crippen molar-refractivity contribution in [3.8, 4) is 5.75 Å². The molecule has 0 radical (unpaired) electrons. The van der Waals surface area contributed by atoms with Crippen LogP contribution in [-0.2, 0) is 23.9 Å². The average molecular weight is 597 g/mol. The van der Waals surface area contributed by atoms with Crippen LogP contribution in [0.2, 0.25) is 0 Å². The van der Waals surface area contributed by atoms with Crippen molar-refractivity contribution in [2.45, 2.75) is 89.0 Å². The second-order valence-electron chi connectivity index (χ2n) is 12.1. The van der Waals surface area contributed by atoms with Gasteiger partial charge in [-0.1, -0.05) is 39.3 Å². The van der Waals surface area contributed by atoms with Gasteiger partial charge < -0.3 is 29.1 Å². The normalized spacial score (nSPS) is 28.7. The van der Waals surface area contributed by atoms with Crippen LogP contribution in [0.5, 0.6) is 5.75 Å². The van der Waals surface area contributed by atoms with E-state index in [4.69, 9.17) is 14.2 Å². The van der Waals surface area contributed by atoms with E-state index in [0.29, 0.717) is 43.5 Å². The van der Waals surface area contributed by atoms with Gasteiger partial charge in [-0.25, -0.2) is 0 Å². The minimum absolute atomic E-state index is 0.0964. The van der Waals surface area contributed by atoms with E-state index in [1.807, 2.05) is 26.8 Å². The van der Waals surface area contributed by atoms with Gasteiger partial charge >= 0.3 is 5.97 Å². The van der Waals surface area contributed by atoms with Crippen molar-refractivity contribution < 1.29 is 33.7 Å². The average Bonchev–Trinajstić information content (AvgIpc) is 3.63. The van der Waals surface area contributed by atoms with Gasteiger partial charge in [0.25, 0.3) is 5.91 Å². The quantitative estimate of drug-likeness (QED) is 0.168. The maximum absolute atomic E-state index is 14.8. The number of ether oxygens (including phenoxy) is 3. The lowest BCUT2D eigenvalue weighted by molar-refractivity contribution is -0.162. The van der Waals surface area contributed by atoms with E-state index in [-0.39, 0.29) is 37.5 Å². The van der Waals surface area contributed by atoms with Crippen LogP contribution in [0.1, 0.15) is 65.7 Å².